The molecule has 18 heavy (non-hydrogen) atoms. The van der Waals surface area contributed by atoms with E-state index in [2.05, 4.69) is 10.1 Å². The van der Waals surface area contributed by atoms with Crippen molar-refractivity contribution in [2.45, 2.75) is 20.8 Å². The van der Waals surface area contributed by atoms with Crippen molar-refractivity contribution in [3.05, 3.63) is 35.2 Å². The summed E-state index contributed by atoms with van der Waals surface area (Å²) in [6.45, 7) is 5.92. The van der Waals surface area contributed by atoms with Gasteiger partial charge in [-0.2, -0.15) is 4.98 Å². The van der Waals surface area contributed by atoms with Gasteiger partial charge in [0.1, 0.15) is 0 Å². The second kappa shape index (κ2) is 5.00. The minimum absolute atomic E-state index is 0.0468. The fourth-order valence-corrected chi connectivity index (χ4v) is 1.76. The molecule has 94 valence electrons. The monoisotopic (exact) mass is 246 g/mol. The molecule has 0 N–H and O–H groups in total. The van der Waals surface area contributed by atoms with Crippen molar-refractivity contribution >= 4 is 5.97 Å². The van der Waals surface area contributed by atoms with Gasteiger partial charge in [-0.3, -0.25) is 0 Å². The molecule has 0 amide bonds. The Hall–Kier alpha value is -2.17. The van der Waals surface area contributed by atoms with Gasteiger partial charge in [0, 0.05) is 5.56 Å². The van der Waals surface area contributed by atoms with Gasteiger partial charge >= 0.3 is 5.97 Å². The number of carbonyl (C=O) groups excluding carboxylic acids is 1. The van der Waals surface area contributed by atoms with E-state index < -0.39 is 5.97 Å². The Labute approximate surface area is 105 Å². The minimum Gasteiger partial charge on any atom is -0.460 e. The Morgan fingerprint density at radius 3 is 2.61 bits per heavy atom. The van der Waals surface area contributed by atoms with E-state index in [0.717, 1.165) is 16.7 Å². The third-order valence-corrected chi connectivity index (χ3v) is 2.58. The number of hydrogen-bond acceptors (Lipinski definition) is 5. The zero-order valence-electron chi connectivity index (χ0n) is 10.6. The molecule has 5 heteroatoms. The number of nitrogens with zero attached hydrogens (tertiary/aromatic N) is 2. The van der Waals surface area contributed by atoms with E-state index in [4.69, 9.17) is 9.26 Å². The number of esters is 1. The Morgan fingerprint density at radius 1 is 1.33 bits per heavy atom. The first kappa shape index (κ1) is 12.3. The van der Waals surface area contributed by atoms with Gasteiger partial charge in [0.25, 0.3) is 11.7 Å². The molecule has 0 aliphatic carbocycles. The zero-order valence-corrected chi connectivity index (χ0v) is 10.6. The summed E-state index contributed by atoms with van der Waals surface area (Å²) >= 11 is 0. The molecule has 0 spiro atoms. The molecule has 0 bridgehead atoms. The molecule has 0 radical (unpaired) electrons. The van der Waals surface area contributed by atoms with Gasteiger partial charge in [0.2, 0.25) is 0 Å². The molecule has 0 aliphatic heterocycles. The molecule has 2 aromatic rings. The third kappa shape index (κ3) is 2.25. The summed E-state index contributed by atoms with van der Waals surface area (Å²) in [4.78, 5) is 15.5. The quantitative estimate of drug-likeness (QED) is 0.778. The van der Waals surface area contributed by atoms with Crippen LogP contribution in [0, 0.1) is 13.8 Å². The van der Waals surface area contributed by atoms with E-state index in [0.29, 0.717) is 5.89 Å². The maximum atomic E-state index is 11.5. The lowest BCUT2D eigenvalue weighted by Gasteiger charge is -2.03. The van der Waals surface area contributed by atoms with Crippen LogP contribution in [0.1, 0.15) is 28.7 Å². The standard InChI is InChI=1S/C13H14N2O3/c1-4-17-13(16)11-14-12(18-15-11)10-8(2)6-5-7-9(10)3/h5-7H,4H2,1-3H3. The van der Waals surface area contributed by atoms with Crippen LogP contribution in [0.5, 0.6) is 0 Å². The van der Waals surface area contributed by atoms with Crippen molar-refractivity contribution in [2.75, 3.05) is 6.61 Å². The second-order valence-electron chi connectivity index (χ2n) is 3.91. The van der Waals surface area contributed by atoms with Crippen LogP contribution in [0.2, 0.25) is 0 Å². The number of benzene rings is 1. The van der Waals surface area contributed by atoms with Crippen molar-refractivity contribution < 1.29 is 14.1 Å². The van der Waals surface area contributed by atoms with E-state index in [-0.39, 0.29) is 12.4 Å². The summed E-state index contributed by atoms with van der Waals surface area (Å²) in [5, 5.41) is 3.63. The van der Waals surface area contributed by atoms with E-state index in [1.165, 1.54) is 0 Å². The van der Waals surface area contributed by atoms with E-state index in [1.807, 2.05) is 32.0 Å². The van der Waals surface area contributed by atoms with Crippen molar-refractivity contribution in [3.8, 4) is 11.5 Å². The fourth-order valence-electron chi connectivity index (χ4n) is 1.76. The van der Waals surface area contributed by atoms with Crippen molar-refractivity contribution in [3.63, 3.8) is 0 Å². The minimum atomic E-state index is -0.571. The van der Waals surface area contributed by atoms with Crippen molar-refractivity contribution in [1.82, 2.24) is 10.1 Å². The lowest BCUT2D eigenvalue weighted by Crippen LogP contribution is -2.06. The summed E-state index contributed by atoms with van der Waals surface area (Å²) in [5.41, 5.74) is 2.91. The molecule has 0 aliphatic rings. The summed E-state index contributed by atoms with van der Waals surface area (Å²) < 4.78 is 9.93. The zero-order chi connectivity index (χ0) is 13.1. The first-order chi connectivity index (χ1) is 8.63. The van der Waals surface area contributed by atoms with Crippen LogP contribution in [0.25, 0.3) is 11.5 Å². The number of rotatable bonds is 3. The molecular formula is C13H14N2O3. The summed E-state index contributed by atoms with van der Waals surface area (Å²) in [5.74, 6) is -0.276. The van der Waals surface area contributed by atoms with Gasteiger partial charge in [-0.15, -0.1) is 0 Å². The van der Waals surface area contributed by atoms with E-state index >= 15 is 0 Å². The molecule has 1 aromatic heterocycles. The van der Waals surface area contributed by atoms with Crippen LogP contribution in [-0.4, -0.2) is 22.7 Å². The molecule has 5 nitrogen and oxygen atoms in total. The third-order valence-electron chi connectivity index (χ3n) is 2.58. The lowest BCUT2D eigenvalue weighted by molar-refractivity contribution is 0.0508. The van der Waals surface area contributed by atoms with Crippen molar-refractivity contribution in [2.24, 2.45) is 0 Å². The van der Waals surface area contributed by atoms with Crippen LogP contribution >= 0.6 is 0 Å². The maximum Gasteiger partial charge on any atom is 0.379 e. The first-order valence-corrected chi connectivity index (χ1v) is 5.71. The Morgan fingerprint density at radius 2 is 2.00 bits per heavy atom. The van der Waals surface area contributed by atoms with E-state index in [1.54, 1.807) is 6.92 Å². The Kier molecular flexibility index (Phi) is 3.41. The highest BCUT2D eigenvalue weighted by Crippen LogP contribution is 2.25. The van der Waals surface area contributed by atoms with Gasteiger partial charge in [0.05, 0.1) is 6.61 Å². The molecule has 1 aromatic carbocycles. The van der Waals surface area contributed by atoms with Gasteiger partial charge in [0.15, 0.2) is 0 Å². The number of aryl methyl sites for hydroxylation is 2. The smallest absolute Gasteiger partial charge is 0.379 e. The normalized spacial score (nSPS) is 10.4. The summed E-state index contributed by atoms with van der Waals surface area (Å²) in [6, 6.07) is 5.87. The highest BCUT2D eigenvalue weighted by molar-refractivity contribution is 5.85. The molecular weight excluding hydrogens is 232 g/mol. The number of ether oxygens (including phenoxy) is 1. The van der Waals surface area contributed by atoms with Crippen LogP contribution in [0.3, 0.4) is 0 Å². The fraction of sp³-hybridized carbons (Fsp3) is 0.308. The van der Waals surface area contributed by atoms with Crippen LogP contribution in [0.4, 0.5) is 0 Å². The molecule has 0 unspecified atom stereocenters. The van der Waals surface area contributed by atoms with Crippen LogP contribution < -0.4 is 0 Å². The Balaban J connectivity index is 2.38. The predicted octanol–water partition coefficient (Wildman–Crippen LogP) is 2.53. The van der Waals surface area contributed by atoms with Crippen molar-refractivity contribution in [1.29, 1.82) is 0 Å². The molecule has 2 rings (SSSR count). The molecule has 0 fully saturated rings. The van der Waals surface area contributed by atoms with Crippen LogP contribution in [-0.2, 0) is 4.74 Å². The highest BCUT2D eigenvalue weighted by atomic mass is 16.5. The number of hydrogen-bond donors (Lipinski definition) is 0. The largest absolute Gasteiger partial charge is 0.460 e. The number of carbonyl (C=O) groups is 1. The highest BCUT2D eigenvalue weighted by Gasteiger charge is 2.18. The van der Waals surface area contributed by atoms with Gasteiger partial charge in [-0.1, -0.05) is 18.2 Å². The molecule has 0 atom stereocenters. The maximum absolute atomic E-state index is 11.5. The topological polar surface area (TPSA) is 65.2 Å². The Bertz CT molecular complexity index is 555. The van der Waals surface area contributed by atoms with Crippen LogP contribution in [0.15, 0.2) is 22.7 Å². The average Bonchev–Trinajstić information content (AvgIpc) is 2.78. The first-order valence-electron chi connectivity index (χ1n) is 5.71. The second-order valence-corrected chi connectivity index (χ2v) is 3.91. The average molecular weight is 246 g/mol. The molecule has 0 saturated heterocycles. The van der Waals surface area contributed by atoms with Gasteiger partial charge < -0.3 is 9.26 Å². The molecule has 1 heterocycles. The predicted molar refractivity (Wildman–Crippen MR) is 65.2 cm³/mol. The number of aromatic nitrogens is 2. The SMILES string of the molecule is CCOC(=O)c1noc(-c2c(C)cccc2C)n1. The summed E-state index contributed by atoms with van der Waals surface area (Å²) in [6.07, 6.45) is 0. The molecule has 0 saturated carbocycles. The summed E-state index contributed by atoms with van der Waals surface area (Å²) in [7, 11) is 0. The lowest BCUT2D eigenvalue weighted by atomic mass is 10.0. The van der Waals surface area contributed by atoms with E-state index in [9.17, 15) is 4.79 Å². The van der Waals surface area contributed by atoms with Gasteiger partial charge in [-0.05, 0) is 37.1 Å². The van der Waals surface area contributed by atoms with Gasteiger partial charge in [-0.25, -0.2) is 4.79 Å².